The Bertz CT molecular complexity index is 282. The first-order valence-corrected chi connectivity index (χ1v) is 5.85. The molecule has 1 amide bonds. The summed E-state index contributed by atoms with van der Waals surface area (Å²) in [5, 5.41) is 2.46. The van der Waals surface area contributed by atoms with Crippen LogP contribution < -0.4 is 5.32 Å². The van der Waals surface area contributed by atoms with Gasteiger partial charge in [0.1, 0.15) is 12.9 Å². The lowest BCUT2D eigenvalue weighted by atomic mass is 10.2. The molecule has 0 aliphatic rings. The van der Waals surface area contributed by atoms with E-state index in [9.17, 15) is 9.59 Å². The molecular formula is C13H21NO3. The zero-order valence-corrected chi connectivity index (χ0v) is 10.6. The molecule has 0 heterocycles. The molecule has 0 saturated heterocycles. The molecule has 0 bridgehead atoms. The van der Waals surface area contributed by atoms with Crippen LogP contribution in [0.2, 0.25) is 0 Å². The number of rotatable bonds is 8. The molecule has 0 radical (unpaired) electrons. The molecule has 0 fully saturated rings. The highest BCUT2D eigenvalue weighted by atomic mass is 16.5. The Kier molecular flexibility index (Phi) is 9.91. The molecule has 0 aliphatic carbocycles. The maximum atomic E-state index is 11.0. The molecule has 0 aliphatic heterocycles. The minimum Gasteiger partial charge on any atom is -0.445 e. The van der Waals surface area contributed by atoms with Gasteiger partial charge in [0.2, 0.25) is 0 Å². The summed E-state index contributed by atoms with van der Waals surface area (Å²) in [5.74, 6) is 0. The fraction of sp³-hybridized carbons (Fsp3) is 0.538. The summed E-state index contributed by atoms with van der Waals surface area (Å²) < 4.78 is 4.85. The molecule has 0 aromatic heterocycles. The molecular weight excluding hydrogens is 218 g/mol. The topological polar surface area (TPSA) is 55.4 Å². The Balaban J connectivity index is 3.52. The average Bonchev–Trinajstić information content (AvgIpc) is 2.33. The summed E-state index contributed by atoms with van der Waals surface area (Å²) in [6, 6.07) is 0. The van der Waals surface area contributed by atoms with Gasteiger partial charge in [0, 0.05) is 13.0 Å². The second kappa shape index (κ2) is 10.9. The summed E-state index contributed by atoms with van der Waals surface area (Å²) in [6.45, 7) is 4.78. The third-order valence-electron chi connectivity index (χ3n) is 2.17. The molecule has 96 valence electrons. The lowest BCUT2D eigenvalue weighted by Gasteiger charge is -2.02. The van der Waals surface area contributed by atoms with Crippen LogP contribution >= 0.6 is 0 Å². The zero-order chi connectivity index (χ0) is 12.9. The van der Waals surface area contributed by atoms with Crippen molar-refractivity contribution in [2.24, 2.45) is 0 Å². The van der Waals surface area contributed by atoms with Crippen LogP contribution in [0, 0.1) is 0 Å². The first-order valence-electron chi connectivity index (χ1n) is 5.85. The monoisotopic (exact) mass is 239 g/mol. The maximum Gasteiger partial charge on any atom is 0.407 e. The third kappa shape index (κ3) is 10.7. The number of carbonyl (C=O) groups excluding carboxylic acids is 2. The van der Waals surface area contributed by atoms with Crippen LogP contribution in [0.15, 0.2) is 23.8 Å². The van der Waals surface area contributed by atoms with Gasteiger partial charge >= 0.3 is 6.09 Å². The summed E-state index contributed by atoms with van der Waals surface area (Å²) in [6.07, 6.45) is 8.39. The number of hydrogen-bond donors (Lipinski definition) is 1. The van der Waals surface area contributed by atoms with Crippen molar-refractivity contribution in [3.8, 4) is 0 Å². The van der Waals surface area contributed by atoms with Gasteiger partial charge in [0.15, 0.2) is 0 Å². The van der Waals surface area contributed by atoms with Gasteiger partial charge in [-0.25, -0.2) is 4.79 Å². The van der Waals surface area contributed by atoms with Crippen LogP contribution in [0.25, 0.3) is 0 Å². The van der Waals surface area contributed by atoms with Gasteiger partial charge in [0.05, 0.1) is 0 Å². The maximum absolute atomic E-state index is 11.0. The molecule has 0 spiro atoms. The molecule has 0 aromatic rings. The minimum absolute atomic E-state index is 0.256. The molecule has 4 heteroatoms. The van der Waals surface area contributed by atoms with Gasteiger partial charge < -0.3 is 14.8 Å². The van der Waals surface area contributed by atoms with E-state index >= 15 is 0 Å². The van der Waals surface area contributed by atoms with E-state index in [0.29, 0.717) is 13.0 Å². The Morgan fingerprint density at radius 3 is 2.76 bits per heavy atom. The van der Waals surface area contributed by atoms with E-state index in [1.807, 2.05) is 6.08 Å². The van der Waals surface area contributed by atoms with E-state index < -0.39 is 6.09 Å². The number of aldehydes is 1. The molecule has 0 rings (SSSR count). The van der Waals surface area contributed by atoms with Crippen molar-refractivity contribution >= 4 is 12.4 Å². The van der Waals surface area contributed by atoms with Crippen molar-refractivity contribution in [1.82, 2.24) is 5.32 Å². The van der Waals surface area contributed by atoms with Gasteiger partial charge in [-0.1, -0.05) is 30.7 Å². The second-order valence-corrected chi connectivity index (χ2v) is 3.59. The summed E-state index contributed by atoms with van der Waals surface area (Å²) in [7, 11) is 0. The summed E-state index contributed by atoms with van der Waals surface area (Å²) in [4.78, 5) is 21.0. The van der Waals surface area contributed by atoms with Crippen molar-refractivity contribution in [3.05, 3.63) is 23.8 Å². The van der Waals surface area contributed by atoms with E-state index in [1.165, 1.54) is 5.57 Å². The number of alkyl carbamates (subject to hydrolysis) is 1. The first-order chi connectivity index (χ1) is 8.20. The number of ether oxygens (including phenoxy) is 1. The van der Waals surface area contributed by atoms with Gasteiger partial charge in [-0.15, -0.1) is 0 Å². The Labute approximate surface area is 103 Å². The quantitative estimate of drug-likeness (QED) is 0.402. The molecule has 0 unspecified atom stereocenters. The van der Waals surface area contributed by atoms with Crippen LogP contribution in [0.3, 0.4) is 0 Å². The average molecular weight is 239 g/mol. The van der Waals surface area contributed by atoms with Crippen LogP contribution in [-0.4, -0.2) is 25.5 Å². The first kappa shape index (κ1) is 15.4. The minimum atomic E-state index is -0.489. The predicted octanol–water partition coefficient (Wildman–Crippen LogP) is 2.60. The Morgan fingerprint density at radius 2 is 2.12 bits per heavy atom. The van der Waals surface area contributed by atoms with Gasteiger partial charge in [-0.3, -0.25) is 0 Å². The van der Waals surface area contributed by atoms with Crippen molar-refractivity contribution in [3.63, 3.8) is 0 Å². The molecule has 0 atom stereocenters. The predicted molar refractivity (Wildman–Crippen MR) is 67.8 cm³/mol. The number of carbonyl (C=O) groups is 2. The van der Waals surface area contributed by atoms with Gasteiger partial charge in [-0.05, 0) is 19.8 Å². The van der Waals surface area contributed by atoms with Crippen molar-refractivity contribution in [2.75, 3.05) is 13.2 Å². The summed E-state index contributed by atoms with van der Waals surface area (Å²) in [5.41, 5.74) is 1.35. The number of nitrogens with one attached hydrogen (secondary N) is 1. The van der Waals surface area contributed by atoms with E-state index in [1.54, 1.807) is 6.08 Å². The molecule has 0 saturated carbocycles. The SMILES string of the molecule is CC/C(C)=C\C/C=C/COC(=O)NCCC=O. The van der Waals surface area contributed by atoms with Crippen LogP contribution in [0.5, 0.6) is 0 Å². The highest BCUT2D eigenvalue weighted by molar-refractivity contribution is 5.67. The van der Waals surface area contributed by atoms with E-state index in [0.717, 1.165) is 19.1 Å². The van der Waals surface area contributed by atoms with Crippen molar-refractivity contribution < 1.29 is 14.3 Å². The third-order valence-corrected chi connectivity index (χ3v) is 2.17. The van der Waals surface area contributed by atoms with E-state index in [-0.39, 0.29) is 6.61 Å². The fourth-order valence-corrected chi connectivity index (χ4v) is 0.986. The molecule has 0 aromatic carbocycles. The Hall–Kier alpha value is -1.58. The molecule has 4 nitrogen and oxygen atoms in total. The highest BCUT2D eigenvalue weighted by Gasteiger charge is 1.97. The van der Waals surface area contributed by atoms with Crippen molar-refractivity contribution in [2.45, 2.75) is 33.1 Å². The number of hydrogen-bond acceptors (Lipinski definition) is 3. The number of allylic oxidation sites excluding steroid dienone is 3. The normalized spacial score (nSPS) is 11.5. The lowest BCUT2D eigenvalue weighted by Crippen LogP contribution is -2.25. The summed E-state index contributed by atoms with van der Waals surface area (Å²) >= 11 is 0. The number of amides is 1. The Morgan fingerprint density at radius 1 is 1.35 bits per heavy atom. The van der Waals surface area contributed by atoms with Crippen LogP contribution in [0.1, 0.15) is 33.1 Å². The fourth-order valence-electron chi connectivity index (χ4n) is 0.986. The van der Waals surface area contributed by atoms with Gasteiger partial charge in [0.25, 0.3) is 0 Å². The van der Waals surface area contributed by atoms with Crippen molar-refractivity contribution in [1.29, 1.82) is 0 Å². The lowest BCUT2D eigenvalue weighted by molar-refractivity contribution is -0.107. The molecule has 1 N–H and O–H groups in total. The largest absolute Gasteiger partial charge is 0.445 e. The van der Waals surface area contributed by atoms with Crippen LogP contribution in [-0.2, 0) is 9.53 Å². The van der Waals surface area contributed by atoms with Crippen LogP contribution in [0.4, 0.5) is 4.79 Å². The van der Waals surface area contributed by atoms with Gasteiger partial charge in [-0.2, -0.15) is 0 Å². The standard InChI is InChI=1S/C13H21NO3/c1-3-12(2)8-5-4-6-11-17-13(16)14-9-7-10-15/h4,6,8,10H,3,5,7,9,11H2,1-2H3,(H,14,16)/b6-4+,12-8-. The van der Waals surface area contributed by atoms with E-state index in [2.05, 4.69) is 25.2 Å². The zero-order valence-electron chi connectivity index (χ0n) is 10.6. The second-order valence-electron chi connectivity index (χ2n) is 3.59. The molecule has 17 heavy (non-hydrogen) atoms. The smallest absolute Gasteiger partial charge is 0.407 e. The van der Waals surface area contributed by atoms with E-state index in [4.69, 9.17) is 4.74 Å². The highest BCUT2D eigenvalue weighted by Crippen LogP contribution is 2.00.